The van der Waals surface area contributed by atoms with Crippen molar-refractivity contribution >= 4 is 16.7 Å². The molecule has 18 heavy (non-hydrogen) atoms. The number of para-hydroxylation sites is 1. The van der Waals surface area contributed by atoms with Gasteiger partial charge in [0.1, 0.15) is 5.82 Å². The Kier molecular flexibility index (Phi) is 4.12. The zero-order valence-electron chi connectivity index (χ0n) is 10.9. The molecular formula is C14H19N3O. The number of methoxy groups -OCH3 is 1. The van der Waals surface area contributed by atoms with Crippen LogP contribution in [0.3, 0.4) is 0 Å². The summed E-state index contributed by atoms with van der Waals surface area (Å²) in [5.74, 6) is 0.609. The molecule has 0 fully saturated rings. The van der Waals surface area contributed by atoms with E-state index in [1.807, 2.05) is 25.2 Å². The van der Waals surface area contributed by atoms with Crippen molar-refractivity contribution < 1.29 is 4.74 Å². The average Bonchev–Trinajstić information content (AvgIpc) is 2.37. The highest BCUT2D eigenvalue weighted by Crippen LogP contribution is 2.19. The SMILES string of the molecule is COCCN(C)Cc1cc2ccccc2nc1N. The van der Waals surface area contributed by atoms with Gasteiger partial charge in [-0.05, 0) is 19.2 Å². The number of likely N-dealkylation sites (N-methyl/N-ethyl adjacent to an activating group) is 1. The predicted molar refractivity (Wildman–Crippen MR) is 74.4 cm³/mol. The van der Waals surface area contributed by atoms with Crippen molar-refractivity contribution in [3.63, 3.8) is 0 Å². The van der Waals surface area contributed by atoms with E-state index in [-0.39, 0.29) is 0 Å². The molecular weight excluding hydrogens is 226 g/mol. The Hall–Kier alpha value is -1.65. The number of benzene rings is 1. The smallest absolute Gasteiger partial charge is 0.128 e. The second-order valence-electron chi connectivity index (χ2n) is 4.46. The molecule has 0 amide bonds. The third kappa shape index (κ3) is 2.97. The Morgan fingerprint density at radius 1 is 1.33 bits per heavy atom. The van der Waals surface area contributed by atoms with Gasteiger partial charge in [0.05, 0.1) is 12.1 Å². The fourth-order valence-electron chi connectivity index (χ4n) is 1.92. The second-order valence-corrected chi connectivity index (χ2v) is 4.46. The molecule has 0 aliphatic rings. The van der Waals surface area contributed by atoms with Crippen LogP contribution in [0.4, 0.5) is 5.82 Å². The van der Waals surface area contributed by atoms with Crippen molar-refractivity contribution in [2.24, 2.45) is 0 Å². The van der Waals surface area contributed by atoms with Crippen molar-refractivity contribution in [3.05, 3.63) is 35.9 Å². The predicted octanol–water partition coefficient (Wildman–Crippen LogP) is 1.90. The molecule has 0 unspecified atom stereocenters. The molecule has 1 aromatic heterocycles. The maximum atomic E-state index is 5.99. The van der Waals surface area contributed by atoms with Crippen LogP contribution >= 0.6 is 0 Å². The first kappa shape index (κ1) is 12.8. The monoisotopic (exact) mass is 245 g/mol. The quantitative estimate of drug-likeness (QED) is 0.874. The standard InChI is InChI=1S/C14H19N3O/c1-17(7-8-18-2)10-12-9-11-5-3-4-6-13(11)16-14(12)15/h3-6,9H,7-8,10H2,1-2H3,(H2,15,16). The summed E-state index contributed by atoms with van der Waals surface area (Å²) in [4.78, 5) is 6.60. The van der Waals surface area contributed by atoms with E-state index in [0.29, 0.717) is 5.82 Å². The summed E-state index contributed by atoms with van der Waals surface area (Å²) in [7, 11) is 3.76. The van der Waals surface area contributed by atoms with Crippen LogP contribution in [0.1, 0.15) is 5.56 Å². The number of nitrogens with zero attached hydrogens (tertiary/aromatic N) is 2. The summed E-state index contributed by atoms with van der Waals surface area (Å²) in [5, 5.41) is 1.13. The minimum absolute atomic E-state index is 0.609. The molecule has 0 spiro atoms. The summed E-state index contributed by atoms with van der Waals surface area (Å²) in [6.45, 7) is 2.38. The topological polar surface area (TPSA) is 51.4 Å². The summed E-state index contributed by atoms with van der Waals surface area (Å²) in [5.41, 5.74) is 8.00. The van der Waals surface area contributed by atoms with Crippen LogP contribution in [0.5, 0.6) is 0 Å². The van der Waals surface area contributed by atoms with Gasteiger partial charge in [0.15, 0.2) is 0 Å². The molecule has 0 radical (unpaired) electrons. The van der Waals surface area contributed by atoms with E-state index < -0.39 is 0 Å². The zero-order valence-corrected chi connectivity index (χ0v) is 10.9. The molecule has 4 nitrogen and oxygen atoms in total. The zero-order chi connectivity index (χ0) is 13.0. The highest BCUT2D eigenvalue weighted by Gasteiger charge is 2.06. The van der Waals surface area contributed by atoms with Crippen LogP contribution in [0.25, 0.3) is 10.9 Å². The molecule has 2 rings (SSSR count). The van der Waals surface area contributed by atoms with Crippen molar-refractivity contribution in [2.45, 2.75) is 6.54 Å². The van der Waals surface area contributed by atoms with Crippen LogP contribution in [0.15, 0.2) is 30.3 Å². The third-order valence-corrected chi connectivity index (χ3v) is 2.95. The normalized spacial score (nSPS) is 11.3. The fraction of sp³-hybridized carbons (Fsp3) is 0.357. The average molecular weight is 245 g/mol. The highest BCUT2D eigenvalue weighted by atomic mass is 16.5. The Bertz CT molecular complexity index is 527. The van der Waals surface area contributed by atoms with Gasteiger partial charge in [0, 0.05) is 31.1 Å². The van der Waals surface area contributed by atoms with Crippen molar-refractivity contribution in [1.29, 1.82) is 0 Å². The van der Waals surface area contributed by atoms with E-state index >= 15 is 0 Å². The molecule has 0 saturated carbocycles. The first-order valence-electron chi connectivity index (χ1n) is 6.02. The minimum Gasteiger partial charge on any atom is -0.383 e. The lowest BCUT2D eigenvalue weighted by molar-refractivity contribution is 0.158. The molecule has 0 bridgehead atoms. The Morgan fingerprint density at radius 2 is 2.11 bits per heavy atom. The number of nitrogen functional groups attached to an aromatic ring is 1. The van der Waals surface area contributed by atoms with E-state index in [4.69, 9.17) is 10.5 Å². The molecule has 0 aliphatic carbocycles. The maximum Gasteiger partial charge on any atom is 0.128 e. The van der Waals surface area contributed by atoms with E-state index in [0.717, 1.165) is 36.2 Å². The Balaban J connectivity index is 2.19. The summed E-state index contributed by atoms with van der Waals surface area (Å²) >= 11 is 0. The molecule has 0 saturated heterocycles. The molecule has 0 aliphatic heterocycles. The van der Waals surface area contributed by atoms with Crippen LogP contribution in [0.2, 0.25) is 0 Å². The Morgan fingerprint density at radius 3 is 2.89 bits per heavy atom. The van der Waals surface area contributed by atoms with Gasteiger partial charge in [-0.25, -0.2) is 4.98 Å². The van der Waals surface area contributed by atoms with E-state index in [1.165, 1.54) is 0 Å². The van der Waals surface area contributed by atoms with Crippen molar-refractivity contribution in [1.82, 2.24) is 9.88 Å². The minimum atomic E-state index is 0.609. The van der Waals surface area contributed by atoms with Gasteiger partial charge >= 0.3 is 0 Å². The number of hydrogen-bond donors (Lipinski definition) is 1. The molecule has 2 aromatic rings. The van der Waals surface area contributed by atoms with Gasteiger partial charge in [-0.1, -0.05) is 18.2 Å². The van der Waals surface area contributed by atoms with E-state index in [1.54, 1.807) is 7.11 Å². The number of anilines is 1. The lowest BCUT2D eigenvalue weighted by atomic mass is 10.1. The highest BCUT2D eigenvalue weighted by molar-refractivity contribution is 5.81. The number of fused-ring (bicyclic) bond motifs is 1. The lowest BCUT2D eigenvalue weighted by Crippen LogP contribution is -2.23. The summed E-state index contributed by atoms with van der Waals surface area (Å²) < 4.78 is 5.06. The van der Waals surface area contributed by atoms with Gasteiger partial charge in [-0.15, -0.1) is 0 Å². The number of ether oxygens (including phenoxy) is 1. The number of nitrogens with two attached hydrogens (primary N) is 1. The fourth-order valence-corrected chi connectivity index (χ4v) is 1.92. The Labute approximate surface area is 107 Å². The van der Waals surface area contributed by atoms with E-state index in [2.05, 4.69) is 22.0 Å². The lowest BCUT2D eigenvalue weighted by Gasteiger charge is -2.17. The largest absolute Gasteiger partial charge is 0.383 e. The van der Waals surface area contributed by atoms with Gasteiger partial charge in [0.25, 0.3) is 0 Å². The first-order valence-corrected chi connectivity index (χ1v) is 6.02. The molecule has 4 heteroatoms. The van der Waals surface area contributed by atoms with Crippen LogP contribution in [-0.4, -0.2) is 37.2 Å². The molecule has 2 N–H and O–H groups in total. The number of pyridine rings is 1. The summed E-state index contributed by atoms with van der Waals surface area (Å²) in [6.07, 6.45) is 0. The van der Waals surface area contributed by atoms with Gasteiger partial charge in [-0.2, -0.15) is 0 Å². The van der Waals surface area contributed by atoms with E-state index in [9.17, 15) is 0 Å². The number of rotatable bonds is 5. The van der Waals surface area contributed by atoms with Crippen molar-refractivity contribution in [3.8, 4) is 0 Å². The molecule has 1 aromatic carbocycles. The van der Waals surface area contributed by atoms with Gasteiger partial charge in [-0.3, -0.25) is 4.90 Å². The number of aromatic nitrogens is 1. The summed E-state index contributed by atoms with van der Waals surface area (Å²) in [6, 6.07) is 10.1. The van der Waals surface area contributed by atoms with Gasteiger partial charge in [0.2, 0.25) is 0 Å². The van der Waals surface area contributed by atoms with Crippen LogP contribution in [0, 0.1) is 0 Å². The molecule has 1 heterocycles. The van der Waals surface area contributed by atoms with Crippen LogP contribution in [-0.2, 0) is 11.3 Å². The molecule has 0 atom stereocenters. The van der Waals surface area contributed by atoms with Crippen molar-refractivity contribution in [2.75, 3.05) is 33.0 Å². The van der Waals surface area contributed by atoms with Crippen LogP contribution < -0.4 is 5.73 Å². The van der Waals surface area contributed by atoms with Gasteiger partial charge < -0.3 is 10.5 Å². The third-order valence-electron chi connectivity index (χ3n) is 2.95. The molecule has 96 valence electrons. The number of hydrogen-bond acceptors (Lipinski definition) is 4. The maximum absolute atomic E-state index is 5.99. The first-order chi connectivity index (χ1) is 8.70. The second kappa shape index (κ2) is 5.80.